The zero-order valence-electron chi connectivity index (χ0n) is 13.7. The first kappa shape index (κ1) is 18.4. The van der Waals surface area contributed by atoms with Crippen LogP contribution < -0.4 is 9.62 Å². The molecule has 2 heterocycles. The summed E-state index contributed by atoms with van der Waals surface area (Å²) >= 11 is 7.64. The first-order valence-corrected chi connectivity index (χ1v) is 11.0. The van der Waals surface area contributed by atoms with E-state index in [9.17, 15) is 8.42 Å². The summed E-state index contributed by atoms with van der Waals surface area (Å²) in [6.45, 7) is 2.44. The van der Waals surface area contributed by atoms with Crippen molar-refractivity contribution < 1.29 is 8.42 Å². The van der Waals surface area contributed by atoms with Crippen molar-refractivity contribution in [2.75, 3.05) is 24.5 Å². The highest BCUT2D eigenvalue weighted by Crippen LogP contribution is 2.24. The number of halogens is 1. The highest BCUT2D eigenvalue weighted by molar-refractivity contribution is 7.92. The molecule has 0 radical (unpaired) electrons. The summed E-state index contributed by atoms with van der Waals surface area (Å²) in [5.74, 6) is 0. The second-order valence-electron chi connectivity index (χ2n) is 5.83. The van der Waals surface area contributed by atoms with E-state index in [0.717, 1.165) is 29.3 Å². The number of benzene rings is 1. The second-order valence-corrected chi connectivity index (χ2v) is 8.72. The van der Waals surface area contributed by atoms with Gasteiger partial charge in [-0.15, -0.1) is 11.3 Å². The number of anilines is 1. The number of rotatable bonds is 7. The molecule has 1 aromatic heterocycles. The molecule has 8 heteroatoms. The Kier molecular flexibility index (Phi) is 6.11. The Labute approximate surface area is 157 Å². The molecule has 5 nitrogen and oxygen atoms in total. The minimum Gasteiger partial charge on any atom is -0.348 e. The van der Waals surface area contributed by atoms with Crippen molar-refractivity contribution in [2.45, 2.75) is 19.3 Å². The maximum absolute atomic E-state index is 12.1. The molecule has 3 rings (SSSR count). The van der Waals surface area contributed by atoms with Crippen molar-refractivity contribution in [3.05, 3.63) is 51.3 Å². The zero-order valence-corrected chi connectivity index (χ0v) is 16.1. The van der Waals surface area contributed by atoms with Crippen molar-refractivity contribution in [2.24, 2.45) is 0 Å². The van der Waals surface area contributed by atoms with Crippen LogP contribution in [0, 0.1) is 0 Å². The zero-order chi connectivity index (χ0) is 17.7. The van der Waals surface area contributed by atoms with Gasteiger partial charge >= 0.3 is 0 Å². The van der Waals surface area contributed by atoms with E-state index in [1.807, 2.05) is 11.4 Å². The fraction of sp³-hybridized carbons (Fsp3) is 0.353. The molecular weight excluding hydrogens is 378 g/mol. The summed E-state index contributed by atoms with van der Waals surface area (Å²) in [7, 11) is -3.50. The van der Waals surface area contributed by atoms with Crippen molar-refractivity contribution in [1.29, 1.82) is 0 Å². The topological polar surface area (TPSA) is 62.3 Å². The van der Waals surface area contributed by atoms with E-state index in [4.69, 9.17) is 11.6 Å². The lowest BCUT2D eigenvalue weighted by Crippen LogP contribution is -2.24. The van der Waals surface area contributed by atoms with Crippen LogP contribution >= 0.6 is 22.9 Å². The molecule has 25 heavy (non-hydrogen) atoms. The van der Waals surface area contributed by atoms with Crippen LogP contribution in [0.15, 0.2) is 35.1 Å². The molecule has 0 saturated carbocycles. The highest BCUT2D eigenvalue weighted by Gasteiger charge is 2.15. The maximum Gasteiger partial charge on any atom is 0.233 e. The summed E-state index contributed by atoms with van der Waals surface area (Å²) in [5, 5.41) is 4.70. The van der Waals surface area contributed by atoms with E-state index in [1.54, 1.807) is 29.5 Å². The SMILES string of the molecule is O=S(=O)(C=Cc1ccccc1Cl)NCCc1csc(N2CCCC2)n1. The minimum atomic E-state index is -3.50. The van der Waals surface area contributed by atoms with Gasteiger partial charge in [0.2, 0.25) is 10.0 Å². The molecule has 134 valence electrons. The van der Waals surface area contributed by atoms with Gasteiger partial charge < -0.3 is 4.90 Å². The molecule has 0 aliphatic carbocycles. The molecule has 0 bridgehead atoms. The Morgan fingerprint density at radius 3 is 2.80 bits per heavy atom. The fourth-order valence-corrected chi connectivity index (χ4v) is 4.53. The number of nitrogens with zero attached hydrogens (tertiary/aromatic N) is 2. The van der Waals surface area contributed by atoms with Gasteiger partial charge in [-0.1, -0.05) is 29.8 Å². The van der Waals surface area contributed by atoms with Crippen molar-refractivity contribution in [3.63, 3.8) is 0 Å². The van der Waals surface area contributed by atoms with Crippen LogP contribution in [0.1, 0.15) is 24.1 Å². The predicted octanol–water partition coefficient (Wildman–Crippen LogP) is 3.53. The summed E-state index contributed by atoms with van der Waals surface area (Å²) < 4.78 is 26.7. The van der Waals surface area contributed by atoms with Gasteiger partial charge in [-0.3, -0.25) is 0 Å². The smallest absolute Gasteiger partial charge is 0.233 e. The van der Waals surface area contributed by atoms with Crippen molar-refractivity contribution >= 4 is 44.2 Å². The van der Waals surface area contributed by atoms with E-state index in [1.165, 1.54) is 18.9 Å². The molecular formula is C17H20ClN3O2S2. The molecule has 1 aliphatic heterocycles. The van der Waals surface area contributed by atoms with Crippen molar-refractivity contribution in [3.8, 4) is 0 Å². The number of hydrogen-bond donors (Lipinski definition) is 1. The Morgan fingerprint density at radius 1 is 1.28 bits per heavy atom. The molecule has 1 aliphatic rings. The van der Waals surface area contributed by atoms with Gasteiger partial charge in [0.1, 0.15) is 0 Å². The molecule has 1 N–H and O–H groups in total. The first-order chi connectivity index (χ1) is 12.0. The largest absolute Gasteiger partial charge is 0.348 e. The van der Waals surface area contributed by atoms with Crippen LogP contribution in [0.25, 0.3) is 6.08 Å². The van der Waals surface area contributed by atoms with Crippen LogP contribution in [0.2, 0.25) is 5.02 Å². The highest BCUT2D eigenvalue weighted by atomic mass is 35.5. The van der Waals surface area contributed by atoms with Gasteiger partial charge in [-0.05, 0) is 30.5 Å². The van der Waals surface area contributed by atoms with E-state index in [-0.39, 0.29) is 0 Å². The molecule has 1 saturated heterocycles. The Bertz CT molecular complexity index is 843. The molecule has 0 unspecified atom stereocenters. The molecule has 0 spiro atoms. The quantitative estimate of drug-likeness (QED) is 0.776. The predicted molar refractivity (Wildman–Crippen MR) is 105 cm³/mol. The van der Waals surface area contributed by atoms with Gasteiger partial charge in [0.25, 0.3) is 0 Å². The monoisotopic (exact) mass is 397 g/mol. The Hall–Kier alpha value is -1.41. The normalized spacial score (nSPS) is 15.3. The van der Waals surface area contributed by atoms with E-state index in [0.29, 0.717) is 23.6 Å². The third kappa shape index (κ3) is 5.28. The Morgan fingerprint density at radius 2 is 2.04 bits per heavy atom. The molecule has 2 aromatic rings. The maximum atomic E-state index is 12.1. The van der Waals surface area contributed by atoms with Crippen LogP contribution in [-0.4, -0.2) is 33.0 Å². The molecule has 0 atom stereocenters. The fourth-order valence-electron chi connectivity index (χ4n) is 2.61. The van der Waals surface area contributed by atoms with Crippen LogP contribution in [0.4, 0.5) is 5.13 Å². The van der Waals surface area contributed by atoms with Gasteiger partial charge in [0.05, 0.1) is 5.69 Å². The van der Waals surface area contributed by atoms with E-state index >= 15 is 0 Å². The van der Waals surface area contributed by atoms with E-state index in [2.05, 4.69) is 14.6 Å². The molecule has 1 aromatic carbocycles. The van der Waals surface area contributed by atoms with Crippen LogP contribution in [-0.2, 0) is 16.4 Å². The summed E-state index contributed by atoms with van der Waals surface area (Å²) in [6, 6.07) is 7.10. The Balaban J connectivity index is 1.51. The van der Waals surface area contributed by atoms with Gasteiger partial charge in [0.15, 0.2) is 5.13 Å². The van der Waals surface area contributed by atoms with Gasteiger partial charge in [0, 0.05) is 41.9 Å². The minimum absolute atomic E-state index is 0.318. The summed E-state index contributed by atoms with van der Waals surface area (Å²) in [4.78, 5) is 6.87. The number of thiazole rings is 1. The first-order valence-electron chi connectivity index (χ1n) is 8.15. The average Bonchev–Trinajstić information content (AvgIpc) is 3.25. The number of aromatic nitrogens is 1. The van der Waals surface area contributed by atoms with Crippen LogP contribution in [0.5, 0.6) is 0 Å². The average molecular weight is 398 g/mol. The number of nitrogens with one attached hydrogen (secondary N) is 1. The molecule has 0 amide bonds. The lowest BCUT2D eigenvalue weighted by atomic mass is 10.2. The second kappa shape index (κ2) is 8.31. The lowest BCUT2D eigenvalue weighted by molar-refractivity contribution is 0.591. The standard InChI is InChI=1S/C17H20ClN3O2S2/c18-16-6-2-1-5-14(16)8-12-25(22,23)19-9-7-15-13-24-17(20-15)21-10-3-4-11-21/h1-2,5-6,8,12-13,19H,3-4,7,9-11H2. The number of hydrogen-bond acceptors (Lipinski definition) is 5. The third-order valence-electron chi connectivity index (χ3n) is 3.93. The van der Waals surface area contributed by atoms with Crippen LogP contribution in [0.3, 0.4) is 0 Å². The van der Waals surface area contributed by atoms with Gasteiger partial charge in [-0.25, -0.2) is 18.1 Å². The number of sulfonamides is 1. The summed E-state index contributed by atoms with van der Waals surface area (Å²) in [5.41, 5.74) is 1.59. The van der Waals surface area contributed by atoms with E-state index < -0.39 is 10.0 Å². The lowest BCUT2D eigenvalue weighted by Gasteiger charge is -2.12. The van der Waals surface area contributed by atoms with Gasteiger partial charge in [-0.2, -0.15) is 0 Å². The third-order valence-corrected chi connectivity index (χ3v) is 6.33. The molecule has 1 fully saturated rings. The summed E-state index contributed by atoms with van der Waals surface area (Å²) in [6.07, 6.45) is 4.50. The van der Waals surface area contributed by atoms with Crippen molar-refractivity contribution in [1.82, 2.24) is 9.71 Å².